The molecule has 4 heteroatoms. The van der Waals surface area contributed by atoms with Gasteiger partial charge in [0.25, 0.3) is 0 Å². The molecule has 1 aromatic heterocycles. The Hall–Kier alpha value is -0.380. The van der Waals surface area contributed by atoms with Crippen LogP contribution in [0.4, 0.5) is 0 Å². The molecule has 14 heavy (non-hydrogen) atoms. The van der Waals surface area contributed by atoms with Gasteiger partial charge in [0.15, 0.2) is 0 Å². The zero-order chi connectivity index (χ0) is 10.1. The highest BCUT2D eigenvalue weighted by molar-refractivity contribution is 7.80. The molecule has 0 amide bonds. The predicted octanol–water partition coefficient (Wildman–Crippen LogP) is 3.94. The summed E-state index contributed by atoms with van der Waals surface area (Å²) in [5.74, 6) is 1.41. The van der Waals surface area contributed by atoms with Gasteiger partial charge in [-0.05, 0) is 18.2 Å². The van der Waals surface area contributed by atoms with Crippen LogP contribution in [0.2, 0.25) is 0 Å². The Balaban J connectivity index is 2.71. The van der Waals surface area contributed by atoms with Crippen molar-refractivity contribution in [3.8, 4) is 5.75 Å². The van der Waals surface area contributed by atoms with Crippen LogP contribution in [-0.4, -0.2) is 7.11 Å². The summed E-state index contributed by atoms with van der Waals surface area (Å²) in [6.45, 7) is 0. The van der Waals surface area contributed by atoms with E-state index in [0.717, 1.165) is 20.9 Å². The zero-order valence-corrected chi connectivity index (χ0v) is 10.0. The van der Waals surface area contributed by atoms with E-state index >= 15 is 0 Å². The van der Waals surface area contributed by atoms with Crippen LogP contribution in [0.1, 0.15) is 4.88 Å². The average Bonchev–Trinajstić information content (AvgIpc) is 2.59. The maximum atomic E-state index is 5.78. The molecule has 2 rings (SSSR count). The molecule has 0 fully saturated rings. The zero-order valence-electron chi connectivity index (χ0n) is 7.58. The number of alkyl halides is 1. The Morgan fingerprint density at radius 1 is 1.43 bits per heavy atom. The van der Waals surface area contributed by atoms with E-state index in [9.17, 15) is 0 Å². The largest absolute Gasteiger partial charge is 0.496 e. The number of hydrogen-bond acceptors (Lipinski definition) is 3. The van der Waals surface area contributed by atoms with Crippen LogP contribution in [0.15, 0.2) is 23.1 Å². The van der Waals surface area contributed by atoms with Crippen LogP contribution in [0.5, 0.6) is 5.75 Å². The van der Waals surface area contributed by atoms with Crippen molar-refractivity contribution in [1.29, 1.82) is 0 Å². The van der Waals surface area contributed by atoms with Crippen molar-refractivity contribution in [2.75, 3.05) is 7.11 Å². The summed E-state index contributed by atoms with van der Waals surface area (Å²) < 4.78 is 6.45. The molecule has 0 saturated carbocycles. The number of thiol groups is 1. The lowest BCUT2D eigenvalue weighted by Gasteiger charge is -2.01. The first-order valence-electron chi connectivity index (χ1n) is 4.10. The number of thiophene rings is 1. The summed E-state index contributed by atoms with van der Waals surface area (Å²) in [6.07, 6.45) is 0. The van der Waals surface area contributed by atoms with Crippen LogP contribution in [-0.2, 0) is 5.88 Å². The Labute approximate surface area is 97.1 Å². The first-order chi connectivity index (χ1) is 6.74. The molecular weight excluding hydrogens is 236 g/mol. The summed E-state index contributed by atoms with van der Waals surface area (Å²) >= 11 is 11.8. The number of rotatable bonds is 2. The maximum absolute atomic E-state index is 5.78. The highest BCUT2D eigenvalue weighted by atomic mass is 35.5. The molecule has 0 N–H and O–H groups in total. The second-order valence-electron chi connectivity index (χ2n) is 2.91. The van der Waals surface area contributed by atoms with Gasteiger partial charge in [0, 0.05) is 19.9 Å². The van der Waals surface area contributed by atoms with Crippen molar-refractivity contribution < 1.29 is 4.74 Å². The molecule has 0 unspecified atom stereocenters. The summed E-state index contributed by atoms with van der Waals surface area (Å²) in [6, 6.07) is 6.01. The van der Waals surface area contributed by atoms with Gasteiger partial charge in [-0.15, -0.1) is 35.6 Å². The van der Waals surface area contributed by atoms with Gasteiger partial charge < -0.3 is 4.74 Å². The fourth-order valence-electron chi connectivity index (χ4n) is 1.38. The van der Waals surface area contributed by atoms with E-state index in [4.69, 9.17) is 16.3 Å². The molecule has 74 valence electrons. The Morgan fingerprint density at radius 2 is 2.21 bits per heavy atom. The highest BCUT2D eigenvalue weighted by Crippen LogP contribution is 2.35. The highest BCUT2D eigenvalue weighted by Gasteiger charge is 2.07. The predicted molar refractivity (Wildman–Crippen MR) is 65.2 cm³/mol. The third kappa shape index (κ3) is 1.72. The van der Waals surface area contributed by atoms with Crippen LogP contribution in [0.25, 0.3) is 10.1 Å². The van der Waals surface area contributed by atoms with Crippen molar-refractivity contribution >= 4 is 45.7 Å². The summed E-state index contributed by atoms with van der Waals surface area (Å²) in [5, 5.41) is 1.12. The normalized spacial score (nSPS) is 10.8. The smallest absolute Gasteiger partial charge is 0.128 e. The van der Waals surface area contributed by atoms with E-state index in [1.807, 2.05) is 12.1 Å². The Kier molecular flexibility index (Phi) is 2.91. The molecule has 0 bridgehead atoms. The number of methoxy groups -OCH3 is 1. The number of benzene rings is 1. The van der Waals surface area contributed by atoms with Gasteiger partial charge in [0.05, 0.1) is 13.0 Å². The lowest BCUT2D eigenvalue weighted by molar-refractivity contribution is 0.419. The summed E-state index contributed by atoms with van der Waals surface area (Å²) in [7, 11) is 1.67. The van der Waals surface area contributed by atoms with Gasteiger partial charge in [-0.1, -0.05) is 0 Å². The minimum absolute atomic E-state index is 0.546. The minimum Gasteiger partial charge on any atom is -0.496 e. The summed E-state index contributed by atoms with van der Waals surface area (Å²) in [5.41, 5.74) is 0. The van der Waals surface area contributed by atoms with Gasteiger partial charge in [-0.3, -0.25) is 0 Å². The van der Waals surface area contributed by atoms with E-state index in [0.29, 0.717) is 5.88 Å². The lowest BCUT2D eigenvalue weighted by atomic mass is 10.2. The molecule has 1 aromatic carbocycles. The van der Waals surface area contributed by atoms with Gasteiger partial charge in [0.1, 0.15) is 5.75 Å². The molecule has 0 aliphatic heterocycles. The molecule has 2 aromatic rings. The molecule has 1 nitrogen and oxygen atoms in total. The molecule has 0 spiro atoms. The van der Waals surface area contributed by atoms with E-state index in [1.165, 1.54) is 4.70 Å². The van der Waals surface area contributed by atoms with Crippen LogP contribution < -0.4 is 4.74 Å². The molecule has 0 saturated heterocycles. The van der Waals surface area contributed by atoms with E-state index < -0.39 is 0 Å². The van der Waals surface area contributed by atoms with Gasteiger partial charge >= 0.3 is 0 Å². The number of halogens is 1. The van der Waals surface area contributed by atoms with Crippen LogP contribution >= 0.6 is 35.6 Å². The topological polar surface area (TPSA) is 9.23 Å². The molecular formula is C10H9ClOS2. The summed E-state index contributed by atoms with van der Waals surface area (Å²) in [4.78, 5) is 2.07. The fraction of sp³-hybridized carbons (Fsp3) is 0.200. The van der Waals surface area contributed by atoms with Crippen molar-refractivity contribution in [3.05, 3.63) is 23.1 Å². The SMILES string of the molecule is COc1cc(S)cc2sc(CCl)cc12. The van der Waals surface area contributed by atoms with Crippen LogP contribution in [0, 0.1) is 0 Å². The van der Waals surface area contributed by atoms with Crippen LogP contribution in [0.3, 0.4) is 0 Å². The average molecular weight is 245 g/mol. The third-order valence-corrected chi connectivity index (χ3v) is 3.77. The number of ether oxygens (including phenoxy) is 1. The second-order valence-corrected chi connectivity index (χ2v) is 4.86. The first-order valence-corrected chi connectivity index (χ1v) is 5.90. The Bertz CT molecular complexity index is 464. The maximum Gasteiger partial charge on any atom is 0.128 e. The molecule has 0 radical (unpaired) electrons. The minimum atomic E-state index is 0.546. The second kappa shape index (κ2) is 4.01. The van der Waals surface area contributed by atoms with Gasteiger partial charge in [-0.2, -0.15) is 0 Å². The molecule has 0 aliphatic carbocycles. The number of fused-ring (bicyclic) bond motifs is 1. The van der Waals surface area contributed by atoms with E-state index in [1.54, 1.807) is 18.4 Å². The number of hydrogen-bond donors (Lipinski definition) is 1. The first kappa shape index (κ1) is 10.1. The van der Waals surface area contributed by atoms with Crippen molar-refractivity contribution in [3.63, 3.8) is 0 Å². The third-order valence-electron chi connectivity index (χ3n) is 1.99. The van der Waals surface area contributed by atoms with Gasteiger partial charge in [0.2, 0.25) is 0 Å². The van der Waals surface area contributed by atoms with E-state index in [-0.39, 0.29) is 0 Å². The fourth-order valence-corrected chi connectivity index (χ4v) is 2.92. The van der Waals surface area contributed by atoms with Crippen molar-refractivity contribution in [1.82, 2.24) is 0 Å². The van der Waals surface area contributed by atoms with Crippen molar-refractivity contribution in [2.45, 2.75) is 10.8 Å². The van der Waals surface area contributed by atoms with Crippen molar-refractivity contribution in [2.24, 2.45) is 0 Å². The molecule has 1 heterocycles. The Morgan fingerprint density at radius 3 is 2.86 bits per heavy atom. The monoisotopic (exact) mass is 244 g/mol. The van der Waals surface area contributed by atoms with Gasteiger partial charge in [-0.25, -0.2) is 0 Å². The quantitative estimate of drug-likeness (QED) is 0.622. The van der Waals surface area contributed by atoms with E-state index in [2.05, 4.69) is 18.7 Å². The lowest BCUT2D eigenvalue weighted by Crippen LogP contribution is -1.82. The standard InChI is InChI=1S/C10H9ClOS2/c1-12-9-2-6(13)3-10-8(9)4-7(5-11)14-10/h2-4,13H,5H2,1H3. The molecule has 0 aliphatic rings. The molecule has 0 atom stereocenters.